The van der Waals surface area contributed by atoms with E-state index in [1.165, 1.54) is 0 Å². The number of hydrogen-bond donors (Lipinski definition) is 3. The molecule has 5 rings (SSSR count). The van der Waals surface area contributed by atoms with E-state index in [1.54, 1.807) is 30.3 Å². The highest BCUT2D eigenvalue weighted by Crippen LogP contribution is 2.54. The van der Waals surface area contributed by atoms with Crippen LogP contribution in [0.1, 0.15) is 37.3 Å². The quantitative estimate of drug-likeness (QED) is 0.548. The Morgan fingerprint density at radius 3 is 2.53 bits per heavy atom. The molecule has 4 N–H and O–H groups in total. The molecular weight excluding hydrogens is 456 g/mol. The average molecular weight is 481 g/mol. The van der Waals surface area contributed by atoms with Crippen LogP contribution in [0.3, 0.4) is 0 Å². The SMILES string of the molecule is CCCCc1ccc(N2C(=O)[C@H]3[C@@H](C2=O)[C@]2(N[C@@H]3CC(N)=O)C(=O)Nc3ccc(Cl)cc32)cc1. The summed E-state index contributed by atoms with van der Waals surface area (Å²) in [6.07, 6.45) is 2.84. The molecule has 8 nitrogen and oxygen atoms in total. The monoisotopic (exact) mass is 480 g/mol. The van der Waals surface area contributed by atoms with Gasteiger partial charge in [0.05, 0.1) is 17.5 Å². The topological polar surface area (TPSA) is 122 Å². The number of imide groups is 1. The molecule has 3 aliphatic rings. The lowest BCUT2D eigenvalue weighted by Crippen LogP contribution is -2.53. The molecule has 1 spiro atoms. The summed E-state index contributed by atoms with van der Waals surface area (Å²) in [6, 6.07) is 11.5. The van der Waals surface area contributed by atoms with E-state index in [1.807, 2.05) is 12.1 Å². The highest BCUT2D eigenvalue weighted by molar-refractivity contribution is 6.31. The van der Waals surface area contributed by atoms with Crippen LogP contribution in [0.2, 0.25) is 5.02 Å². The van der Waals surface area contributed by atoms with Crippen LogP contribution in [0.25, 0.3) is 0 Å². The van der Waals surface area contributed by atoms with Gasteiger partial charge in [-0.2, -0.15) is 0 Å². The molecular formula is C25H25ClN4O4. The van der Waals surface area contributed by atoms with Crippen molar-refractivity contribution >= 4 is 46.6 Å². The summed E-state index contributed by atoms with van der Waals surface area (Å²) in [5, 5.41) is 6.35. The summed E-state index contributed by atoms with van der Waals surface area (Å²) in [7, 11) is 0. The van der Waals surface area contributed by atoms with Gasteiger partial charge in [-0.05, 0) is 48.7 Å². The van der Waals surface area contributed by atoms with Crippen molar-refractivity contribution in [2.75, 3.05) is 10.2 Å². The Bertz CT molecular complexity index is 1210. The van der Waals surface area contributed by atoms with Gasteiger partial charge >= 0.3 is 0 Å². The predicted octanol–water partition coefficient (Wildman–Crippen LogP) is 2.48. The molecule has 2 aromatic rings. The van der Waals surface area contributed by atoms with Gasteiger partial charge in [-0.3, -0.25) is 24.5 Å². The Labute approximate surface area is 201 Å². The van der Waals surface area contributed by atoms with Gasteiger partial charge in [0.25, 0.3) is 0 Å². The molecule has 2 saturated heterocycles. The number of unbranched alkanes of at least 4 members (excludes halogenated alkanes) is 1. The van der Waals surface area contributed by atoms with Crippen molar-refractivity contribution in [3.63, 3.8) is 0 Å². The summed E-state index contributed by atoms with van der Waals surface area (Å²) in [5.74, 6) is -3.98. The van der Waals surface area contributed by atoms with Crippen LogP contribution in [-0.2, 0) is 31.1 Å². The lowest BCUT2D eigenvalue weighted by atomic mass is 9.76. The Balaban J connectivity index is 1.59. The fourth-order valence-corrected chi connectivity index (χ4v) is 5.78. The molecule has 0 aliphatic carbocycles. The zero-order valence-corrected chi connectivity index (χ0v) is 19.4. The van der Waals surface area contributed by atoms with Gasteiger partial charge in [0.15, 0.2) is 0 Å². The zero-order chi connectivity index (χ0) is 24.2. The number of amides is 4. The number of nitrogens with two attached hydrogens (primary N) is 1. The number of rotatable bonds is 6. The fraction of sp³-hybridized carbons (Fsp3) is 0.360. The molecule has 0 unspecified atom stereocenters. The summed E-state index contributed by atoms with van der Waals surface area (Å²) in [4.78, 5) is 53.8. The Hall–Kier alpha value is -3.23. The van der Waals surface area contributed by atoms with Gasteiger partial charge in [0.1, 0.15) is 5.54 Å². The molecule has 0 bridgehead atoms. The molecule has 0 aromatic heterocycles. The molecule has 34 heavy (non-hydrogen) atoms. The first-order chi connectivity index (χ1) is 16.3. The van der Waals surface area contributed by atoms with Gasteiger partial charge in [-0.1, -0.05) is 37.1 Å². The van der Waals surface area contributed by atoms with Crippen LogP contribution in [0.4, 0.5) is 11.4 Å². The van der Waals surface area contributed by atoms with E-state index in [4.69, 9.17) is 17.3 Å². The van der Waals surface area contributed by atoms with E-state index in [2.05, 4.69) is 17.6 Å². The van der Waals surface area contributed by atoms with E-state index < -0.39 is 47.0 Å². The van der Waals surface area contributed by atoms with Gasteiger partial charge in [0.2, 0.25) is 23.6 Å². The van der Waals surface area contributed by atoms with E-state index in [9.17, 15) is 19.2 Å². The number of hydrogen-bond acceptors (Lipinski definition) is 5. The first kappa shape index (κ1) is 22.6. The van der Waals surface area contributed by atoms with Crippen molar-refractivity contribution in [1.29, 1.82) is 0 Å². The number of carbonyl (C=O) groups is 4. The Morgan fingerprint density at radius 1 is 1.12 bits per heavy atom. The van der Waals surface area contributed by atoms with Crippen LogP contribution in [0.5, 0.6) is 0 Å². The van der Waals surface area contributed by atoms with Crippen LogP contribution >= 0.6 is 11.6 Å². The zero-order valence-electron chi connectivity index (χ0n) is 18.6. The normalized spacial score (nSPS) is 27.3. The molecule has 4 amide bonds. The molecule has 0 saturated carbocycles. The number of carbonyl (C=O) groups excluding carboxylic acids is 4. The second-order valence-electron chi connectivity index (χ2n) is 9.16. The maximum absolute atomic E-state index is 13.8. The number of fused-ring (bicyclic) bond motifs is 4. The highest BCUT2D eigenvalue weighted by atomic mass is 35.5. The summed E-state index contributed by atoms with van der Waals surface area (Å²) >= 11 is 6.23. The molecule has 176 valence electrons. The van der Waals surface area contributed by atoms with Crippen molar-refractivity contribution in [2.45, 2.75) is 44.2 Å². The third-order valence-electron chi connectivity index (χ3n) is 7.11. The Kier molecular flexibility index (Phi) is 5.45. The van der Waals surface area contributed by atoms with Crippen molar-refractivity contribution in [1.82, 2.24) is 5.32 Å². The minimum Gasteiger partial charge on any atom is -0.370 e. The lowest BCUT2D eigenvalue weighted by Gasteiger charge is -2.29. The molecule has 3 aliphatic heterocycles. The summed E-state index contributed by atoms with van der Waals surface area (Å²) in [5.41, 5.74) is 6.52. The van der Waals surface area contributed by atoms with E-state index in [0.29, 0.717) is 22.0 Å². The summed E-state index contributed by atoms with van der Waals surface area (Å²) < 4.78 is 0. The number of primary amides is 1. The van der Waals surface area contributed by atoms with Crippen molar-refractivity contribution in [3.05, 3.63) is 58.6 Å². The van der Waals surface area contributed by atoms with Gasteiger partial charge in [-0.15, -0.1) is 0 Å². The van der Waals surface area contributed by atoms with Crippen LogP contribution in [-0.4, -0.2) is 29.7 Å². The molecule has 2 fully saturated rings. The molecule has 9 heteroatoms. The number of aryl methyl sites for hydroxylation is 1. The number of halogens is 1. The third kappa shape index (κ3) is 3.24. The van der Waals surface area contributed by atoms with E-state index in [0.717, 1.165) is 29.7 Å². The average Bonchev–Trinajstić information content (AvgIpc) is 3.37. The van der Waals surface area contributed by atoms with Crippen molar-refractivity contribution in [2.24, 2.45) is 17.6 Å². The minimum atomic E-state index is -1.52. The first-order valence-corrected chi connectivity index (χ1v) is 11.8. The van der Waals surface area contributed by atoms with Crippen molar-refractivity contribution in [3.8, 4) is 0 Å². The van der Waals surface area contributed by atoms with E-state index >= 15 is 0 Å². The van der Waals surface area contributed by atoms with Crippen LogP contribution < -0.4 is 21.3 Å². The first-order valence-electron chi connectivity index (χ1n) is 11.4. The number of anilines is 2. The smallest absolute Gasteiger partial charge is 0.250 e. The largest absolute Gasteiger partial charge is 0.370 e. The van der Waals surface area contributed by atoms with Gasteiger partial charge < -0.3 is 11.1 Å². The standard InChI is InChI=1S/C25H25ClN4O4/c1-2-3-4-13-5-8-15(9-6-13)30-22(32)20-18(12-19(27)31)29-25(21(20)23(30)33)16-11-14(26)7-10-17(16)28-24(25)34/h5-11,18,20-21,29H,2-4,12H2,1H3,(H2,27,31)(H,28,34)/t18-,20-,21+,25+/m1/s1. The maximum Gasteiger partial charge on any atom is 0.250 e. The lowest BCUT2D eigenvalue weighted by molar-refractivity contribution is -0.130. The predicted molar refractivity (Wildman–Crippen MR) is 127 cm³/mol. The summed E-state index contributed by atoms with van der Waals surface area (Å²) in [6.45, 7) is 2.12. The molecule has 2 aromatic carbocycles. The molecule has 3 heterocycles. The second kappa shape index (κ2) is 8.21. The number of nitrogens with one attached hydrogen (secondary N) is 2. The molecule has 4 atom stereocenters. The van der Waals surface area contributed by atoms with Gasteiger partial charge in [-0.25, -0.2) is 4.90 Å². The number of benzene rings is 2. The van der Waals surface area contributed by atoms with E-state index in [-0.39, 0.29) is 6.42 Å². The fourth-order valence-electron chi connectivity index (χ4n) is 5.61. The van der Waals surface area contributed by atoms with Crippen LogP contribution in [0, 0.1) is 11.8 Å². The second-order valence-corrected chi connectivity index (χ2v) is 9.60. The maximum atomic E-state index is 13.8. The highest BCUT2D eigenvalue weighted by Gasteiger charge is 2.70. The molecule has 0 radical (unpaired) electrons. The minimum absolute atomic E-state index is 0.186. The number of nitrogens with zero attached hydrogens (tertiary/aromatic N) is 1. The Morgan fingerprint density at radius 2 is 1.85 bits per heavy atom. The van der Waals surface area contributed by atoms with Gasteiger partial charge in [0, 0.05) is 28.7 Å². The van der Waals surface area contributed by atoms with Crippen molar-refractivity contribution < 1.29 is 19.2 Å². The van der Waals surface area contributed by atoms with Crippen LogP contribution in [0.15, 0.2) is 42.5 Å². The third-order valence-corrected chi connectivity index (χ3v) is 7.35.